The molecule has 10 heteroatoms. The van der Waals surface area contributed by atoms with Gasteiger partial charge in [-0.1, -0.05) is 12.1 Å². The summed E-state index contributed by atoms with van der Waals surface area (Å²) < 4.78 is 40.7. The van der Waals surface area contributed by atoms with Gasteiger partial charge < -0.3 is 4.90 Å². The van der Waals surface area contributed by atoms with Gasteiger partial charge in [0.1, 0.15) is 18.1 Å². The van der Waals surface area contributed by atoms with Crippen LogP contribution in [0.2, 0.25) is 0 Å². The van der Waals surface area contributed by atoms with Gasteiger partial charge in [0, 0.05) is 32.3 Å². The zero-order valence-corrected chi connectivity index (χ0v) is 17.1. The zero-order chi connectivity index (χ0) is 21.2. The quantitative estimate of drug-likeness (QED) is 0.657. The molecule has 8 nitrogen and oxygen atoms in total. The number of para-hydroxylation sites is 1. The Morgan fingerprint density at radius 1 is 1.21 bits per heavy atom. The van der Waals surface area contributed by atoms with E-state index in [0.29, 0.717) is 31.6 Å². The van der Waals surface area contributed by atoms with Gasteiger partial charge >= 0.3 is 0 Å². The molecule has 1 amide bonds. The normalized spacial score (nSPS) is 15.3. The minimum Gasteiger partial charge on any atom is -0.341 e. The second-order valence-electron chi connectivity index (χ2n) is 7.08. The molecule has 0 aliphatic carbocycles. The maximum Gasteiger partial charge on any atom is 0.243 e. The van der Waals surface area contributed by atoms with Crippen LogP contribution in [0.25, 0.3) is 0 Å². The SMILES string of the molecule is Cn1nccc1C(=O)C1CCN(C(=O)CN(c2ccccc2F)S(C)(=O)=O)CC1. The lowest BCUT2D eigenvalue weighted by atomic mass is 9.91. The van der Waals surface area contributed by atoms with E-state index in [1.54, 1.807) is 19.3 Å². The first-order valence-electron chi connectivity index (χ1n) is 9.20. The topological polar surface area (TPSA) is 92.6 Å². The number of hydrogen-bond acceptors (Lipinski definition) is 5. The van der Waals surface area contributed by atoms with Crippen LogP contribution in [0.1, 0.15) is 23.3 Å². The van der Waals surface area contributed by atoms with Crippen LogP contribution in [0.15, 0.2) is 36.5 Å². The van der Waals surface area contributed by atoms with Gasteiger partial charge in [0.15, 0.2) is 5.78 Å². The second kappa shape index (κ2) is 8.32. The minimum atomic E-state index is -3.85. The van der Waals surface area contributed by atoms with Crippen molar-refractivity contribution in [1.29, 1.82) is 0 Å². The van der Waals surface area contributed by atoms with E-state index in [4.69, 9.17) is 0 Å². The van der Waals surface area contributed by atoms with Crippen LogP contribution in [0.4, 0.5) is 10.1 Å². The molecule has 1 aliphatic rings. The molecule has 1 fully saturated rings. The van der Waals surface area contributed by atoms with Gasteiger partial charge in [0.05, 0.1) is 11.9 Å². The number of amides is 1. The molecule has 3 rings (SSSR count). The van der Waals surface area contributed by atoms with E-state index >= 15 is 0 Å². The Bertz CT molecular complexity index is 1010. The number of rotatable bonds is 6. The Labute approximate surface area is 169 Å². The van der Waals surface area contributed by atoms with Gasteiger partial charge in [-0.2, -0.15) is 5.10 Å². The third-order valence-corrected chi connectivity index (χ3v) is 6.22. The molecular weight excluding hydrogens is 399 g/mol. The maximum absolute atomic E-state index is 14.1. The molecule has 2 aromatic rings. The number of aryl methyl sites for hydroxylation is 1. The Hall–Kier alpha value is -2.75. The number of carbonyl (C=O) groups is 2. The summed E-state index contributed by atoms with van der Waals surface area (Å²) in [5.41, 5.74) is 0.363. The molecule has 0 atom stereocenters. The van der Waals surface area contributed by atoms with Gasteiger partial charge in [-0.05, 0) is 31.0 Å². The molecule has 156 valence electrons. The lowest BCUT2D eigenvalue weighted by molar-refractivity contribution is -0.130. The predicted octanol–water partition coefficient (Wildman–Crippen LogP) is 1.45. The van der Waals surface area contributed by atoms with E-state index in [-0.39, 0.29) is 17.4 Å². The van der Waals surface area contributed by atoms with Crippen molar-refractivity contribution in [3.05, 3.63) is 48.0 Å². The standard InChI is InChI=1S/C19H23FN4O4S/c1-22-17(7-10-21-22)19(26)14-8-11-23(12-9-14)18(25)13-24(29(2,27)28)16-6-4-3-5-15(16)20/h3-7,10,14H,8-9,11-13H2,1-2H3. The van der Waals surface area contributed by atoms with Crippen molar-refractivity contribution in [2.45, 2.75) is 12.8 Å². The van der Waals surface area contributed by atoms with Gasteiger partial charge in [-0.3, -0.25) is 18.6 Å². The van der Waals surface area contributed by atoms with E-state index in [1.165, 1.54) is 27.8 Å². The summed E-state index contributed by atoms with van der Waals surface area (Å²) in [5.74, 6) is -1.37. The molecule has 0 radical (unpaired) electrons. The number of aromatic nitrogens is 2. The van der Waals surface area contributed by atoms with Crippen molar-refractivity contribution in [2.24, 2.45) is 13.0 Å². The average molecular weight is 422 g/mol. The zero-order valence-electron chi connectivity index (χ0n) is 16.3. The second-order valence-corrected chi connectivity index (χ2v) is 8.99. The molecule has 29 heavy (non-hydrogen) atoms. The van der Waals surface area contributed by atoms with Crippen molar-refractivity contribution in [3.63, 3.8) is 0 Å². The fourth-order valence-electron chi connectivity index (χ4n) is 3.47. The first-order chi connectivity index (χ1) is 13.7. The molecule has 2 heterocycles. The summed E-state index contributed by atoms with van der Waals surface area (Å²) >= 11 is 0. The van der Waals surface area contributed by atoms with Gasteiger partial charge in [-0.25, -0.2) is 12.8 Å². The molecule has 0 N–H and O–H groups in total. The summed E-state index contributed by atoms with van der Waals surface area (Å²) in [6.45, 7) is 0.185. The molecule has 1 saturated heterocycles. The maximum atomic E-state index is 14.1. The summed E-state index contributed by atoms with van der Waals surface area (Å²) in [7, 11) is -2.15. The predicted molar refractivity (Wildman–Crippen MR) is 105 cm³/mol. The van der Waals surface area contributed by atoms with Crippen molar-refractivity contribution < 1.29 is 22.4 Å². The Morgan fingerprint density at radius 2 is 1.86 bits per heavy atom. The third-order valence-electron chi connectivity index (χ3n) is 5.09. The lowest BCUT2D eigenvalue weighted by Crippen LogP contribution is -2.46. The number of halogens is 1. The smallest absolute Gasteiger partial charge is 0.243 e. The molecule has 1 aromatic carbocycles. The van der Waals surface area contributed by atoms with Crippen molar-refractivity contribution in [3.8, 4) is 0 Å². The van der Waals surface area contributed by atoms with E-state index in [9.17, 15) is 22.4 Å². The van der Waals surface area contributed by atoms with E-state index in [0.717, 1.165) is 16.6 Å². The number of nitrogens with zero attached hydrogens (tertiary/aromatic N) is 4. The van der Waals surface area contributed by atoms with E-state index in [2.05, 4.69) is 5.10 Å². The minimum absolute atomic E-state index is 0.0128. The largest absolute Gasteiger partial charge is 0.341 e. The number of hydrogen-bond donors (Lipinski definition) is 0. The third kappa shape index (κ3) is 4.64. The van der Waals surface area contributed by atoms with Crippen molar-refractivity contribution in [1.82, 2.24) is 14.7 Å². The molecule has 0 bridgehead atoms. The van der Waals surface area contributed by atoms with Crippen LogP contribution in [0, 0.1) is 11.7 Å². The van der Waals surface area contributed by atoms with Crippen LogP contribution in [-0.4, -0.2) is 60.7 Å². The fraction of sp³-hybridized carbons (Fsp3) is 0.421. The van der Waals surface area contributed by atoms with Crippen LogP contribution < -0.4 is 4.31 Å². The summed E-state index contributed by atoms with van der Waals surface area (Å²) in [5, 5.41) is 4.01. The molecule has 1 aliphatic heterocycles. The number of carbonyl (C=O) groups excluding carboxylic acids is 2. The molecule has 1 aromatic heterocycles. The van der Waals surface area contributed by atoms with Crippen molar-refractivity contribution >= 4 is 27.4 Å². The lowest BCUT2D eigenvalue weighted by Gasteiger charge is -2.33. The number of benzene rings is 1. The van der Waals surface area contributed by atoms with E-state index < -0.39 is 28.3 Å². The van der Waals surface area contributed by atoms with Gasteiger partial charge in [0.25, 0.3) is 0 Å². The van der Waals surface area contributed by atoms with E-state index in [1.807, 2.05) is 0 Å². The molecule has 0 unspecified atom stereocenters. The molecular formula is C19H23FN4O4S. The number of sulfonamides is 1. The number of anilines is 1. The number of likely N-dealkylation sites (tertiary alicyclic amines) is 1. The molecule has 0 spiro atoms. The highest BCUT2D eigenvalue weighted by Crippen LogP contribution is 2.24. The van der Waals surface area contributed by atoms with Crippen LogP contribution in [0.3, 0.4) is 0 Å². The highest BCUT2D eigenvalue weighted by molar-refractivity contribution is 7.92. The monoisotopic (exact) mass is 422 g/mol. The Balaban J connectivity index is 1.66. The summed E-state index contributed by atoms with van der Waals surface area (Å²) in [6.07, 6.45) is 3.46. The van der Waals surface area contributed by atoms with Crippen LogP contribution >= 0.6 is 0 Å². The van der Waals surface area contributed by atoms with Gasteiger partial charge in [0.2, 0.25) is 15.9 Å². The van der Waals surface area contributed by atoms with Crippen LogP contribution in [0.5, 0.6) is 0 Å². The Morgan fingerprint density at radius 3 is 2.41 bits per heavy atom. The first-order valence-corrected chi connectivity index (χ1v) is 11.1. The first kappa shape index (κ1) is 21.0. The summed E-state index contributed by atoms with van der Waals surface area (Å²) in [4.78, 5) is 26.8. The van der Waals surface area contributed by atoms with Crippen LogP contribution in [-0.2, 0) is 21.9 Å². The van der Waals surface area contributed by atoms with Crippen molar-refractivity contribution in [2.75, 3.05) is 30.2 Å². The Kier molecular flexibility index (Phi) is 6.02. The fourth-order valence-corrected chi connectivity index (χ4v) is 4.32. The number of Topliss-reactive ketones (excluding diaryl/α,β-unsaturated/α-hetero) is 1. The molecule has 0 saturated carbocycles. The number of ketones is 1. The number of piperidine rings is 1. The summed E-state index contributed by atoms with van der Waals surface area (Å²) in [6, 6.07) is 7.09. The highest BCUT2D eigenvalue weighted by atomic mass is 32.2. The highest BCUT2D eigenvalue weighted by Gasteiger charge is 2.31. The van der Waals surface area contributed by atoms with Gasteiger partial charge in [-0.15, -0.1) is 0 Å². The average Bonchev–Trinajstić information content (AvgIpc) is 3.11.